The van der Waals surface area contributed by atoms with Gasteiger partial charge in [-0.05, 0) is 31.0 Å². The Labute approximate surface area is 198 Å². The number of likely N-dealkylation sites (tertiary alicyclic amines) is 1. The monoisotopic (exact) mass is 457 g/mol. The van der Waals surface area contributed by atoms with E-state index in [4.69, 9.17) is 4.74 Å². The Bertz CT molecular complexity index is 1200. The maximum atomic E-state index is 13.1. The molecule has 1 aliphatic heterocycles. The summed E-state index contributed by atoms with van der Waals surface area (Å²) >= 11 is 0. The number of hydrogen-bond donors (Lipinski definition) is 1. The van der Waals surface area contributed by atoms with E-state index in [0.29, 0.717) is 37.4 Å². The molecule has 0 unspecified atom stereocenters. The fourth-order valence-corrected chi connectivity index (χ4v) is 4.07. The van der Waals surface area contributed by atoms with E-state index >= 15 is 0 Å². The van der Waals surface area contributed by atoms with Gasteiger partial charge in [0.2, 0.25) is 0 Å². The summed E-state index contributed by atoms with van der Waals surface area (Å²) in [6, 6.07) is 13.7. The molecule has 7 nitrogen and oxygen atoms in total. The molecule has 1 N–H and O–H groups in total. The van der Waals surface area contributed by atoms with Crippen LogP contribution < -0.4 is 4.74 Å². The summed E-state index contributed by atoms with van der Waals surface area (Å²) in [7, 11) is 0. The van der Waals surface area contributed by atoms with Crippen molar-refractivity contribution in [2.75, 3.05) is 13.2 Å². The van der Waals surface area contributed by atoms with Crippen LogP contribution in [-0.4, -0.2) is 44.4 Å². The number of Topliss-reactive ketones (excluding diaryl/α,β-unsaturated/α-hetero) is 1. The highest BCUT2D eigenvalue weighted by Crippen LogP contribution is 2.40. The number of aliphatic hydroxyl groups is 1. The number of amides is 1. The van der Waals surface area contributed by atoms with Crippen LogP contribution in [0.4, 0.5) is 0 Å². The van der Waals surface area contributed by atoms with E-state index in [9.17, 15) is 14.7 Å². The Kier molecular flexibility index (Phi) is 6.92. The van der Waals surface area contributed by atoms with Gasteiger partial charge in [0, 0.05) is 31.0 Å². The van der Waals surface area contributed by atoms with E-state index in [2.05, 4.69) is 11.6 Å². The summed E-state index contributed by atoms with van der Waals surface area (Å²) in [6.45, 7) is 6.97. The van der Waals surface area contributed by atoms with Gasteiger partial charge in [-0.2, -0.15) is 0 Å². The first kappa shape index (κ1) is 23.0. The summed E-state index contributed by atoms with van der Waals surface area (Å²) in [5, 5.41) is 11.1. The highest BCUT2D eigenvalue weighted by molar-refractivity contribution is 6.46. The normalized spacial score (nSPS) is 17.2. The lowest BCUT2D eigenvalue weighted by Crippen LogP contribution is -2.31. The minimum Gasteiger partial charge on any atom is -0.507 e. The summed E-state index contributed by atoms with van der Waals surface area (Å²) in [4.78, 5) is 31.8. The van der Waals surface area contributed by atoms with Gasteiger partial charge in [-0.25, -0.2) is 4.98 Å². The predicted molar refractivity (Wildman–Crippen MR) is 129 cm³/mol. The van der Waals surface area contributed by atoms with Crippen LogP contribution in [0.1, 0.15) is 29.2 Å². The lowest BCUT2D eigenvalue weighted by Gasteiger charge is -2.25. The van der Waals surface area contributed by atoms with Gasteiger partial charge in [0.05, 0.1) is 17.9 Å². The third-order valence-corrected chi connectivity index (χ3v) is 5.80. The quantitative estimate of drug-likeness (QED) is 0.225. The first-order valence-electron chi connectivity index (χ1n) is 11.1. The Hall–Kier alpha value is -4.13. The van der Waals surface area contributed by atoms with Crippen molar-refractivity contribution in [3.8, 4) is 5.75 Å². The number of ketones is 1. The second-order valence-electron chi connectivity index (χ2n) is 8.18. The Morgan fingerprint density at radius 1 is 1.12 bits per heavy atom. The molecule has 7 heteroatoms. The van der Waals surface area contributed by atoms with Gasteiger partial charge in [-0.1, -0.05) is 54.6 Å². The van der Waals surface area contributed by atoms with Crippen molar-refractivity contribution < 1.29 is 19.4 Å². The standard InChI is InChI=1S/C27H27N3O4/c1-3-17-34-22-11-9-20(10-12-22)24-23(25(31)21-7-5-19(2)6-8-21)26(32)27(33)30(24)15-4-14-29-16-13-28-18-29/h3,5-13,16,18,24,31H,1,4,14-15,17H2,2H3/t24-/m0/s1. The van der Waals surface area contributed by atoms with Crippen LogP contribution in [-0.2, 0) is 16.1 Å². The van der Waals surface area contributed by atoms with Crippen molar-refractivity contribution in [1.29, 1.82) is 0 Å². The highest BCUT2D eigenvalue weighted by atomic mass is 16.5. The van der Waals surface area contributed by atoms with Crippen molar-refractivity contribution in [3.05, 3.63) is 102 Å². The number of nitrogens with zero attached hydrogens (tertiary/aromatic N) is 3. The number of hydrogen-bond acceptors (Lipinski definition) is 5. The van der Waals surface area contributed by atoms with Crippen LogP contribution in [0, 0.1) is 6.92 Å². The van der Waals surface area contributed by atoms with Gasteiger partial charge in [-0.3, -0.25) is 9.59 Å². The van der Waals surface area contributed by atoms with Gasteiger partial charge < -0.3 is 19.3 Å². The second-order valence-corrected chi connectivity index (χ2v) is 8.18. The molecule has 0 spiro atoms. The average Bonchev–Trinajstić information content (AvgIpc) is 3.45. The third kappa shape index (κ3) is 4.78. The molecule has 3 aromatic rings. The van der Waals surface area contributed by atoms with Crippen LogP contribution in [0.15, 0.2) is 85.5 Å². The van der Waals surface area contributed by atoms with Crippen LogP contribution in [0.5, 0.6) is 5.75 Å². The lowest BCUT2D eigenvalue weighted by molar-refractivity contribution is -0.139. The summed E-state index contributed by atoms with van der Waals surface area (Å²) in [5.74, 6) is -0.819. The van der Waals surface area contributed by atoms with E-state index < -0.39 is 17.7 Å². The minimum absolute atomic E-state index is 0.0937. The predicted octanol–water partition coefficient (Wildman–Crippen LogP) is 4.27. The molecule has 0 aliphatic carbocycles. The zero-order valence-corrected chi connectivity index (χ0v) is 19.1. The van der Waals surface area contributed by atoms with Crippen molar-refractivity contribution in [3.63, 3.8) is 0 Å². The van der Waals surface area contributed by atoms with Crippen molar-refractivity contribution in [2.24, 2.45) is 0 Å². The summed E-state index contributed by atoms with van der Waals surface area (Å²) in [5.41, 5.74) is 2.35. The Morgan fingerprint density at radius 3 is 2.50 bits per heavy atom. The molecular weight excluding hydrogens is 430 g/mol. The number of aryl methyl sites for hydroxylation is 2. The average molecular weight is 458 g/mol. The lowest BCUT2D eigenvalue weighted by atomic mass is 9.95. The van der Waals surface area contributed by atoms with Crippen LogP contribution >= 0.6 is 0 Å². The fraction of sp³-hybridized carbons (Fsp3) is 0.222. The van der Waals surface area contributed by atoms with Crippen molar-refractivity contribution in [1.82, 2.24) is 14.5 Å². The maximum Gasteiger partial charge on any atom is 0.295 e. The number of imidazole rings is 1. The smallest absolute Gasteiger partial charge is 0.295 e. The number of ether oxygens (including phenoxy) is 1. The summed E-state index contributed by atoms with van der Waals surface area (Å²) < 4.78 is 7.49. The molecule has 1 atom stereocenters. The molecule has 1 aliphatic rings. The van der Waals surface area contributed by atoms with E-state index in [1.54, 1.807) is 47.8 Å². The molecule has 0 saturated carbocycles. The van der Waals surface area contributed by atoms with E-state index in [1.165, 1.54) is 0 Å². The number of benzene rings is 2. The number of aliphatic hydroxyl groups excluding tert-OH is 1. The minimum atomic E-state index is -0.697. The largest absolute Gasteiger partial charge is 0.507 e. The zero-order chi connectivity index (χ0) is 24.1. The van der Waals surface area contributed by atoms with E-state index in [-0.39, 0.29) is 11.3 Å². The summed E-state index contributed by atoms with van der Waals surface area (Å²) in [6.07, 6.45) is 7.55. The topological polar surface area (TPSA) is 84.7 Å². The third-order valence-electron chi connectivity index (χ3n) is 5.80. The van der Waals surface area contributed by atoms with E-state index in [1.807, 2.05) is 42.0 Å². The molecule has 0 radical (unpaired) electrons. The fourth-order valence-electron chi connectivity index (χ4n) is 4.07. The first-order valence-corrected chi connectivity index (χ1v) is 11.1. The van der Waals surface area contributed by atoms with Gasteiger partial charge in [-0.15, -0.1) is 0 Å². The number of carbonyl (C=O) groups is 2. The number of carbonyl (C=O) groups excluding carboxylic acids is 2. The molecule has 34 heavy (non-hydrogen) atoms. The van der Waals surface area contributed by atoms with Gasteiger partial charge in [0.25, 0.3) is 11.7 Å². The van der Waals surface area contributed by atoms with Crippen molar-refractivity contribution in [2.45, 2.75) is 25.9 Å². The molecule has 2 heterocycles. The molecule has 1 fully saturated rings. The zero-order valence-electron chi connectivity index (χ0n) is 19.1. The molecule has 0 bridgehead atoms. The van der Waals surface area contributed by atoms with Crippen LogP contribution in [0.3, 0.4) is 0 Å². The van der Waals surface area contributed by atoms with Crippen molar-refractivity contribution >= 4 is 17.4 Å². The molecule has 1 amide bonds. The maximum absolute atomic E-state index is 13.1. The SMILES string of the molecule is C=CCOc1ccc([C@H]2C(=C(O)c3ccc(C)cc3)C(=O)C(=O)N2CCCn2ccnc2)cc1. The Morgan fingerprint density at radius 2 is 1.85 bits per heavy atom. The van der Waals surface area contributed by atoms with Gasteiger partial charge in [0.15, 0.2) is 0 Å². The van der Waals surface area contributed by atoms with Crippen LogP contribution in [0.25, 0.3) is 5.76 Å². The van der Waals surface area contributed by atoms with Crippen LogP contribution in [0.2, 0.25) is 0 Å². The molecular formula is C27H27N3O4. The number of rotatable bonds is 9. The van der Waals surface area contributed by atoms with Gasteiger partial charge in [0.1, 0.15) is 18.1 Å². The van der Waals surface area contributed by atoms with Gasteiger partial charge >= 0.3 is 0 Å². The number of aromatic nitrogens is 2. The molecule has 2 aromatic carbocycles. The Balaban J connectivity index is 1.70. The highest BCUT2D eigenvalue weighted by Gasteiger charge is 2.45. The van der Waals surface area contributed by atoms with E-state index in [0.717, 1.165) is 11.1 Å². The molecule has 1 saturated heterocycles. The molecule has 174 valence electrons. The second kappa shape index (κ2) is 10.2. The molecule has 1 aromatic heterocycles. The molecule has 4 rings (SSSR count). The first-order chi connectivity index (χ1) is 16.5.